The largest absolute Gasteiger partial charge is 0.495 e. The van der Waals surface area contributed by atoms with Gasteiger partial charge in [-0.05, 0) is 31.0 Å². The molecule has 0 aliphatic carbocycles. The van der Waals surface area contributed by atoms with Crippen LogP contribution in [-0.4, -0.2) is 31.4 Å². The van der Waals surface area contributed by atoms with E-state index in [1.165, 1.54) is 0 Å². The van der Waals surface area contributed by atoms with E-state index in [-0.39, 0.29) is 6.10 Å². The van der Waals surface area contributed by atoms with Crippen LogP contribution in [0.3, 0.4) is 0 Å². The van der Waals surface area contributed by atoms with Crippen LogP contribution in [0, 0.1) is 0 Å². The Kier molecular flexibility index (Phi) is 3.19. The number of anilines is 2. The third-order valence-corrected chi connectivity index (χ3v) is 3.01. The third-order valence-electron chi connectivity index (χ3n) is 3.01. The lowest BCUT2D eigenvalue weighted by molar-refractivity contribution is 0.145. The van der Waals surface area contributed by atoms with Gasteiger partial charge < -0.3 is 20.5 Å². The van der Waals surface area contributed by atoms with Gasteiger partial charge in [0.2, 0.25) is 0 Å². The van der Waals surface area contributed by atoms with Gasteiger partial charge in [0.05, 0.1) is 18.9 Å². The molecule has 0 saturated carbocycles. The summed E-state index contributed by atoms with van der Waals surface area (Å²) in [5, 5.41) is 9.47. The molecule has 1 aromatic carbocycles. The Morgan fingerprint density at radius 1 is 1.38 bits per heavy atom. The summed E-state index contributed by atoms with van der Waals surface area (Å²) in [6.07, 6.45) is 1.44. The lowest BCUT2D eigenvalue weighted by Gasteiger charge is -2.32. The lowest BCUT2D eigenvalue weighted by atomic mass is 10.1. The minimum Gasteiger partial charge on any atom is -0.495 e. The smallest absolute Gasteiger partial charge is 0.142 e. The normalized spacial score (nSPS) is 17.5. The van der Waals surface area contributed by atoms with Gasteiger partial charge in [-0.3, -0.25) is 0 Å². The molecule has 16 heavy (non-hydrogen) atoms. The molecule has 88 valence electrons. The number of nitrogen functional groups attached to an aromatic ring is 1. The van der Waals surface area contributed by atoms with E-state index < -0.39 is 0 Å². The Bertz CT molecular complexity index is 360. The van der Waals surface area contributed by atoms with Crippen molar-refractivity contribution in [3.05, 3.63) is 18.2 Å². The second kappa shape index (κ2) is 4.61. The highest BCUT2D eigenvalue weighted by molar-refractivity contribution is 5.65. The number of piperidine rings is 1. The number of rotatable bonds is 2. The highest BCUT2D eigenvalue weighted by atomic mass is 16.5. The van der Waals surface area contributed by atoms with Crippen molar-refractivity contribution in [2.75, 3.05) is 30.8 Å². The van der Waals surface area contributed by atoms with Crippen LogP contribution in [0.4, 0.5) is 11.4 Å². The molecule has 4 heteroatoms. The van der Waals surface area contributed by atoms with E-state index in [1.54, 1.807) is 7.11 Å². The topological polar surface area (TPSA) is 58.7 Å². The molecule has 2 rings (SSSR count). The number of nitrogens with two attached hydrogens (primary N) is 1. The van der Waals surface area contributed by atoms with Crippen molar-refractivity contribution < 1.29 is 9.84 Å². The van der Waals surface area contributed by atoms with Crippen molar-refractivity contribution in [2.24, 2.45) is 0 Å². The molecule has 4 nitrogen and oxygen atoms in total. The Morgan fingerprint density at radius 3 is 2.69 bits per heavy atom. The van der Waals surface area contributed by atoms with E-state index in [4.69, 9.17) is 10.5 Å². The quantitative estimate of drug-likeness (QED) is 0.739. The average molecular weight is 222 g/mol. The SMILES string of the molecule is COc1ccc(N)cc1N1CCC(O)CC1. The van der Waals surface area contributed by atoms with Gasteiger partial charge in [-0.2, -0.15) is 0 Å². The summed E-state index contributed by atoms with van der Waals surface area (Å²) in [6, 6.07) is 5.65. The molecule has 0 radical (unpaired) electrons. The van der Waals surface area contributed by atoms with Gasteiger partial charge in [0.25, 0.3) is 0 Å². The van der Waals surface area contributed by atoms with Crippen molar-refractivity contribution in [2.45, 2.75) is 18.9 Å². The summed E-state index contributed by atoms with van der Waals surface area (Å²) >= 11 is 0. The van der Waals surface area contributed by atoms with Gasteiger partial charge >= 0.3 is 0 Å². The second-order valence-electron chi connectivity index (χ2n) is 4.15. The van der Waals surface area contributed by atoms with Gasteiger partial charge in [0.1, 0.15) is 5.75 Å². The van der Waals surface area contributed by atoms with Crippen LogP contribution >= 0.6 is 0 Å². The highest BCUT2D eigenvalue weighted by Crippen LogP contribution is 2.32. The fraction of sp³-hybridized carbons (Fsp3) is 0.500. The Labute approximate surface area is 95.6 Å². The summed E-state index contributed by atoms with van der Waals surface area (Å²) in [4.78, 5) is 2.21. The summed E-state index contributed by atoms with van der Waals surface area (Å²) < 4.78 is 5.32. The molecule has 1 saturated heterocycles. The monoisotopic (exact) mass is 222 g/mol. The van der Waals surface area contributed by atoms with Crippen LogP contribution in [0.5, 0.6) is 5.75 Å². The molecular weight excluding hydrogens is 204 g/mol. The first kappa shape index (κ1) is 11.1. The van der Waals surface area contributed by atoms with Crippen LogP contribution < -0.4 is 15.4 Å². The number of benzene rings is 1. The maximum absolute atomic E-state index is 9.47. The summed E-state index contributed by atoms with van der Waals surface area (Å²) in [5.74, 6) is 0.839. The van der Waals surface area contributed by atoms with Gasteiger partial charge in [-0.25, -0.2) is 0 Å². The van der Waals surface area contributed by atoms with Crippen LogP contribution in [0.2, 0.25) is 0 Å². The molecule has 0 atom stereocenters. The highest BCUT2D eigenvalue weighted by Gasteiger charge is 2.19. The first-order valence-corrected chi connectivity index (χ1v) is 5.57. The van der Waals surface area contributed by atoms with E-state index in [2.05, 4.69) is 4.90 Å². The molecule has 0 aromatic heterocycles. The minimum absolute atomic E-state index is 0.164. The molecule has 1 aliphatic rings. The number of hydrogen-bond acceptors (Lipinski definition) is 4. The third kappa shape index (κ3) is 2.22. The lowest BCUT2D eigenvalue weighted by Crippen LogP contribution is -2.36. The van der Waals surface area contributed by atoms with Crippen molar-refractivity contribution in [1.29, 1.82) is 0 Å². The van der Waals surface area contributed by atoms with E-state index in [1.807, 2.05) is 18.2 Å². The van der Waals surface area contributed by atoms with Crippen LogP contribution in [0.25, 0.3) is 0 Å². The molecule has 1 aliphatic heterocycles. The first-order chi connectivity index (χ1) is 7.70. The van der Waals surface area contributed by atoms with Gasteiger partial charge in [0.15, 0.2) is 0 Å². The van der Waals surface area contributed by atoms with E-state index >= 15 is 0 Å². The molecule has 3 N–H and O–H groups in total. The molecule has 0 unspecified atom stereocenters. The molecule has 1 aromatic rings. The van der Waals surface area contributed by atoms with Crippen LogP contribution in [-0.2, 0) is 0 Å². The molecule has 0 spiro atoms. The predicted octanol–water partition coefficient (Wildman–Crippen LogP) is 1.24. The van der Waals surface area contributed by atoms with Crippen molar-refractivity contribution in [3.8, 4) is 5.75 Å². The molecule has 0 bridgehead atoms. The second-order valence-corrected chi connectivity index (χ2v) is 4.15. The average Bonchev–Trinajstić information content (AvgIpc) is 2.30. The van der Waals surface area contributed by atoms with Gasteiger partial charge in [0, 0.05) is 18.8 Å². The number of nitrogens with zero attached hydrogens (tertiary/aromatic N) is 1. The maximum Gasteiger partial charge on any atom is 0.142 e. The van der Waals surface area contributed by atoms with Crippen molar-refractivity contribution in [1.82, 2.24) is 0 Å². The van der Waals surface area contributed by atoms with E-state index in [0.717, 1.165) is 43.1 Å². The fourth-order valence-corrected chi connectivity index (χ4v) is 2.06. The first-order valence-electron chi connectivity index (χ1n) is 5.57. The van der Waals surface area contributed by atoms with Crippen LogP contribution in [0.1, 0.15) is 12.8 Å². The van der Waals surface area contributed by atoms with Crippen molar-refractivity contribution >= 4 is 11.4 Å². The summed E-state index contributed by atoms with van der Waals surface area (Å²) in [7, 11) is 1.66. The maximum atomic E-state index is 9.47. The molecule has 0 amide bonds. The zero-order valence-corrected chi connectivity index (χ0v) is 9.52. The van der Waals surface area contributed by atoms with E-state index in [9.17, 15) is 5.11 Å². The standard InChI is InChI=1S/C12H18N2O2/c1-16-12-3-2-9(13)8-11(12)14-6-4-10(15)5-7-14/h2-3,8,10,15H,4-7,13H2,1H3. The zero-order chi connectivity index (χ0) is 11.5. The molecule has 1 heterocycles. The molecule has 1 fully saturated rings. The Morgan fingerprint density at radius 2 is 2.06 bits per heavy atom. The number of ether oxygens (including phenoxy) is 1. The summed E-state index contributed by atoms with van der Waals surface area (Å²) in [6.45, 7) is 1.70. The van der Waals surface area contributed by atoms with Gasteiger partial charge in [-0.15, -0.1) is 0 Å². The number of hydrogen-bond donors (Lipinski definition) is 2. The number of aliphatic hydroxyl groups excluding tert-OH is 1. The number of methoxy groups -OCH3 is 1. The Hall–Kier alpha value is -1.42. The fourth-order valence-electron chi connectivity index (χ4n) is 2.06. The predicted molar refractivity (Wildman–Crippen MR) is 64.9 cm³/mol. The Balaban J connectivity index is 2.21. The van der Waals surface area contributed by atoms with Crippen molar-refractivity contribution in [3.63, 3.8) is 0 Å². The zero-order valence-electron chi connectivity index (χ0n) is 9.52. The van der Waals surface area contributed by atoms with Crippen LogP contribution in [0.15, 0.2) is 18.2 Å². The minimum atomic E-state index is -0.164. The summed E-state index contributed by atoms with van der Waals surface area (Å²) in [5.41, 5.74) is 7.55. The van der Waals surface area contributed by atoms with E-state index in [0.29, 0.717) is 0 Å². The molecular formula is C12H18N2O2. The number of aliphatic hydroxyl groups is 1. The van der Waals surface area contributed by atoms with Gasteiger partial charge in [-0.1, -0.05) is 0 Å².